The number of oxazole rings is 1. The molecule has 0 aliphatic rings. The molecule has 0 unspecified atom stereocenters. The van der Waals surface area contributed by atoms with Crippen LogP contribution in [-0.4, -0.2) is 29.0 Å². The third-order valence-corrected chi connectivity index (χ3v) is 4.87. The summed E-state index contributed by atoms with van der Waals surface area (Å²) in [6.45, 7) is 1.71. The van der Waals surface area contributed by atoms with Crippen LogP contribution in [0.15, 0.2) is 52.9 Å². The predicted molar refractivity (Wildman–Crippen MR) is 110 cm³/mol. The number of rotatable bonds is 6. The van der Waals surface area contributed by atoms with E-state index in [1.165, 1.54) is 7.11 Å². The number of benzene rings is 2. The number of carbonyl (C=O) groups is 2. The van der Waals surface area contributed by atoms with Crippen LogP contribution in [0.4, 0.5) is 0 Å². The molecule has 7 heteroatoms. The molecule has 7 nitrogen and oxygen atoms in total. The van der Waals surface area contributed by atoms with Crippen molar-refractivity contribution in [1.82, 2.24) is 9.97 Å². The number of hydrogen-bond acceptors (Lipinski definition) is 7. The van der Waals surface area contributed by atoms with Gasteiger partial charge in [0.2, 0.25) is 0 Å². The van der Waals surface area contributed by atoms with Crippen LogP contribution in [0.1, 0.15) is 33.9 Å². The molecule has 2 heterocycles. The molecule has 0 amide bonds. The smallest absolute Gasteiger partial charge is 0.340 e. The number of methoxy groups -OCH3 is 1. The van der Waals surface area contributed by atoms with E-state index < -0.39 is 11.9 Å². The first-order chi connectivity index (χ1) is 14.6. The highest BCUT2D eigenvalue weighted by Gasteiger charge is 2.20. The third-order valence-electron chi connectivity index (χ3n) is 4.87. The largest absolute Gasteiger partial charge is 0.465 e. The molecule has 0 fully saturated rings. The van der Waals surface area contributed by atoms with E-state index in [1.54, 1.807) is 0 Å². The van der Waals surface area contributed by atoms with E-state index in [0.717, 1.165) is 22.0 Å². The molecule has 152 valence electrons. The highest BCUT2D eigenvalue weighted by Crippen LogP contribution is 2.24. The normalized spacial score (nSPS) is 11.0. The van der Waals surface area contributed by atoms with E-state index in [9.17, 15) is 9.59 Å². The van der Waals surface area contributed by atoms with E-state index in [0.29, 0.717) is 29.2 Å². The van der Waals surface area contributed by atoms with Crippen LogP contribution >= 0.6 is 0 Å². The summed E-state index contributed by atoms with van der Waals surface area (Å²) in [6, 6.07) is 14.9. The van der Waals surface area contributed by atoms with Crippen LogP contribution in [0.5, 0.6) is 0 Å². The van der Waals surface area contributed by atoms with Crippen molar-refractivity contribution in [2.75, 3.05) is 7.11 Å². The van der Waals surface area contributed by atoms with E-state index in [1.807, 2.05) is 55.5 Å². The van der Waals surface area contributed by atoms with E-state index >= 15 is 0 Å². The number of fused-ring (bicyclic) bond motifs is 2. The molecule has 4 rings (SSSR count). The summed E-state index contributed by atoms with van der Waals surface area (Å²) in [4.78, 5) is 33.4. The van der Waals surface area contributed by atoms with Gasteiger partial charge in [-0.1, -0.05) is 30.3 Å². The van der Waals surface area contributed by atoms with Gasteiger partial charge in [-0.3, -0.25) is 4.79 Å². The fourth-order valence-electron chi connectivity index (χ4n) is 3.37. The van der Waals surface area contributed by atoms with E-state index in [-0.39, 0.29) is 13.0 Å². The number of aromatic nitrogens is 2. The van der Waals surface area contributed by atoms with Gasteiger partial charge >= 0.3 is 11.9 Å². The number of aryl methyl sites for hydroxylation is 2. The summed E-state index contributed by atoms with van der Waals surface area (Å²) >= 11 is 0. The zero-order valence-corrected chi connectivity index (χ0v) is 16.7. The topological polar surface area (TPSA) is 91.5 Å². The molecule has 0 atom stereocenters. The summed E-state index contributed by atoms with van der Waals surface area (Å²) in [6.07, 6.45) is 0.425. The molecular weight excluding hydrogens is 384 g/mol. The Labute approximate surface area is 172 Å². The van der Waals surface area contributed by atoms with Crippen LogP contribution in [0.25, 0.3) is 22.0 Å². The number of pyridine rings is 1. The number of ether oxygens (including phenoxy) is 2. The van der Waals surface area contributed by atoms with E-state index in [2.05, 4.69) is 9.97 Å². The van der Waals surface area contributed by atoms with Gasteiger partial charge in [0, 0.05) is 11.8 Å². The molecule has 0 N–H and O–H groups in total. The summed E-state index contributed by atoms with van der Waals surface area (Å²) in [5.41, 5.74) is 3.58. The molecule has 0 spiro atoms. The van der Waals surface area contributed by atoms with Gasteiger partial charge in [-0.2, -0.15) is 0 Å². The van der Waals surface area contributed by atoms with Gasteiger partial charge in [0.15, 0.2) is 11.5 Å². The second-order valence-corrected chi connectivity index (χ2v) is 6.80. The highest BCUT2D eigenvalue weighted by atomic mass is 16.5. The Morgan fingerprint density at radius 3 is 2.50 bits per heavy atom. The number of hydrogen-bond donors (Lipinski definition) is 0. The minimum Gasteiger partial charge on any atom is -0.465 e. The second kappa shape index (κ2) is 8.32. The van der Waals surface area contributed by atoms with Gasteiger partial charge in [0.1, 0.15) is 12.1 Å². The summed E-state index contributed by atoms with van der Waals surface area (Å²) in [7, 11) is 1.31. The van der Waals surface area contributed by atoms with Gasteiger partial charge in [0.25, 0.3) is 0 Å². The SMILES string of the molecule is COC(=O)c1c(COC(=O)CCc2nc3ccccc3o2)nc2ccccc2c1C. The first-order valence-corrected chi connectivity index (χ1v) is 9.53. The molecule has 0 saturated carbocycles. The van der Waals surface area contributed by atoms with Gasteiger partial charge < -0.3 is 13.9 Å². The quantitative estimate of drug-likeness (QED) is 0.446. The van der Waals surface area contributed by atoms with Crippen molar-refractivity contribution in [3.05, 3.63) is 71.2 Å². The van der Waals surface area contributed by atoms with Gasteiger partial charge in [-0.05, 0) is 30.7 Å². The summed E-state index contributed by atoms with van der Waals surface area (Å²) < 4.78 is 15.9. The molecule has 4 aromatic rings. The van der Waals surface area contributed by atoms with Crippen molar-refractivity contribution < 1.29 is 23.5 Å². The van der Waals surface area contributed by atoms with Gasteiger partial charge in [-0.15, -0.1) is 0 Å². The predicted octanol–water partition coefficient (Wildman–Crippen LogP) is 4.15. The van der Waals surface area contributed by atoms with Crippen LogP contribution < -0.4 is 0 Å². The lowest BCUT2D eigenvalue weighted by Gasteiger charge is -2.13. The van der Waals surface area contributed by atoms with Gasteiger partial charge in [-0.25, -0.2) is 14.8 Å². The van der Waals surface area contributed by atoms with Crippen molar-refractivity contribution in [3.8, 4) is 0 Å². The Bertz CT molecular complexity index is 1210. The fraction of sp³-hybridized carbons (Fsp3) is 0.217. The fourth-order valence-corrected chi connectivity index (χ4v) is 3.37. The minimum absolute atomic E-state index is 0.104. The van der Waals surface area contributed by atoms with Crippen molar-refractivity contribution in [2.45, 2.75) is 26.4 Å². The lowest BCUT2D eigenvalue weighted by Crippen LogP contribution is -2.14. The number of esters is 2. The molecule has 2 aromatic heterocycles. The molecule has 0 radical (unpaired) electrons. The molecule has 30 heavy (non-hydrogen) atoms. The number of nitrogens with zero attached hydrogens (tertiary/aromatic N) is 2. The number of carbonyl (C=O) groups excluding carboxylic acids is 2. The zero-order valence-electron chi connectivity index (χ0n) is 16.7. The first kappa shape index (κ1) is 19.6. The maximum absolute atomic E-state index is 12.3. The van der Waals surface area contributed by atoms with Crippen molar-refractivity contribution in [2.24, 2.45) is 0 Å². The highest BCUT2D eigenvalue weighted by molar-refractivity contribution is 5.98. The van der Waals surface area contributed by atoms with Crippen LogP contribution in [0.2, 0.25) is 0 Å². The Balaban J connectivity index is 1.48. The van der Waals surface area contributed by atoms with Crippen molar-refractivity contribution in [3.63, 3.8) is 0 Å². The molecule has 0 aliphatic carbocycles. The Kier molecular flexibility index (Phi) is 5.43. The zero-order chi connectivity index (χ0) is 21.1. The maximum Gasteiger partial charge on any atom is 0.340 e. The third kappa shape index (κ3) is 3.87. The molecule has 2 aromatic carbocycles. The van der Waals surface area contributed by atoms with Crippen molar-refractivity contribution >= 4 is 33.9 Å². The average molecular weight is 404 g/mol. The number of para-hydroxylation sites is 3. The Hall–Kier alpha value is -3.74. The molecule has 0 bridgehead atoms. The summed E-state index contributed by atoms with van der Waals surface area (Å²) in [5, 5.41) is 0.851. The summed E-state index contributed by atoms with van der Waals surface area (Å²) in [5.74, 6) is -0.466. The standard InChI is InChI=1S/C23H20N2O5/c1-14-15-7-3-4-8-16(15)24-18(22(14)23(27)28-2)13-29-21(26)12-11-20-25-17-9-5-6-10-19(17)30-20/h3-10H,11-13H2,1-2H3. The minimum atomic E-state index is -0.511. The Morgan fingerprint density at radius 2 is 1.73 bits per heavy atom. The molecule has 0 aliphatic heterocycles. The Morgan fingerprint density at radius 1 is 1.00 bits per heavy atom. The van der Waals surface area contributed by atoms with E-state index in [4.69, 9.17) is 13.9 Å². The lowest BCUT2D eigenvalue weighted by atomic mass is 10.0. The van der Waals surface area contributed by atoms with Gasteiger partial charge in [0.05, 0.1) is 30.3 Å². The molecule has 0 saturated heterocycles. The van der Waals surface area contributed by atoms with Crippen LogP contribution in [0.3, 0.4) is 0 Å². The second-order valence-electron chi connectivity index (χ2n) is 6.80. The van der Waals surface area contributed by atoms with Crippen LogP contribution in [0, 0.1) is 6.92 Å². The maximum atomic E-state index is 12.3. The first-order valence-electron chi connectivity index (χ1n) is 9.53. The van der Waals surface area contributed by atoms with Crippen molar-refractivity contribution in [1.29, 1.82) is 0 Å². The molecular formula is C23H20N2O5. The van der Waals surface area contributed by atoms with Crippen LogP contribution in [-0.2, 0) is 27.3 Å². The average Bonchev–Trinajstić information content (AvgIpc) is 3.19. The lowest BCUT2D eigenvalue weighted by molar-refractivity contribution is -0.145. The monoisotopic (exact) mass is 404 g/mol.